The Bertz CT molecular complexity index is 720. The number of tetrazole rings is 1. The van der Waals surface area contributed by atoms with Gasteiger partial charge in [-0.15, -0.1) is 16.9 Å². The van der Waals surface area contributed by atoms with Crippen LogP contribution in [-0.4, -0.2) is 69.5 Å². The highest BCUT2D eigenvalue weighted by molar-refractivity contribution is 8.03. The molecular weight excluding hydrogens is 358 g/mol. The van der Waals surface area contributed by atoms with E-state index in [0.717, 1.165) is 0 Å². The Balaban J connectivity index is 1.64. The topological polar surface area (TPSA) is 139 Å². The molecule has 0 aliphatic carbocycles. The summed E-state index contributed by atoms with van der Waals surface area (Å²) in [6.45, 7) is 0.170. The summed E-state index contributed by atoms with van der Waals surface area (Å²) in [6.07, 6.45) is 1.82. The van der Waals surface area contributed by atoms with Crippen LogP contribution in [0.1, 0.15) is 12.8 Å². The molecule has 1 amide bonds. The van der Waals surface area contributed by atoms with Gasteiger partial charge in [-0.1, -0.05) is 11.8 Å². The molecule has 10 nitrogen and oxygen atoms in total. The van der Waals surface area contributed by atoms with Crippen LogP contribution in [0.5, 0.6) is 0 Å². The molecule has 24 heavy (non-hydrogen) atoms. The molecule has 0 saturated carbocycles. The molecule has 1 fully saturated rings. The highest BCUT2D eigenvalue weighted by Gasteiger charge is 2.45. The van der Waals surface area contributed by atoms with Gasteiger partial charge in [0.15, 0.2) is 0 Å². The van der Waals surface area contributed by atoms with Crippen molar-refractivity contribution in [1.82, 2.24) is 25.1 Å². The lowest BCUT2D eigenvalue weighted by molar-refractivity contribution is -0.146. The molecule has 3 heterocycles. The molecule has 3 rings (SSSR count). The fourth-order valence-electron chi connectivity index (χ4n) is 2.34. The average Bonchev–Trinajstić information content (AvgIpc) is 2.96. The van der Waals surface area contributed by atoms with E-state index < -0.39 is 11.9 Å². The normalized spacial score (nSPS) is 22.6. The molecule has 0 spiro atoms. The summed E-state index contributed by atoms with van der Waals surface area (Å²) in [5.74, 6) is -1.71. The Labute approximate surface area is 144 Å². The van der Waals surface area contributed by atoms with Crippen molar-refractivity contribution in [2.75, 3.05) is 5.75 Å². The summed E-state index contributed by atoms with van der Waals surface area (Å²) in [5.41, 5.74) is 0.0195. The van der Waals surface area contributed by atoms with Gasteiger partial charge in [0.2, 0.25) is 11.1 Å². The Hall–Kier alpha value is -2.08. The predicted molar refractivity (Wildman–Crippen MR) is 83.1 cm³/mol. The largest absolute Gasteiger partial charge is 0.481 e. The van der Waals surface area contributed by atoms with E-state index in [9.17, 15) is 19.5 Å². The molecule has 0 aromatic carbocycles. The number of carbonyl (C=O) groups excluding carboxylic acids is 1. The number of β-lactam (4-membered cyclic amide) rings is 1. The monoisotopic (exact) mass is 371 g/mol. The van der Waals surface area contributed by atoms with E-state index in [1.165, 1.54) is 33.1 Å². The van der Waals surface area contributed by atoms with Crippen molar-refractivity contribution in [2.24, 2.45) is 0 Å². The lowest BCUT2D eigenvalue weighted by atomic mass is 10.1. The molecule has 0 radical (unpaired) electrons. The van der Waals surface area contributed by atoms with Crippen LogP contribution in [0, 0.1) is 0 Å². The van der Waals surface area contributed by atoms with Gasteiger partial charge in [0.1, 0.15) is 5.70 Å². The molecule has 1 aromatic rings. The Morgan fingerprint density at radius 2 is 2.21 bits per heavy atom. The van der Waals surface area contributed by atoms with Crippen LogP contribution < -0.4 is 0 Å². The van der Waals surface area contributed by atoms with Gasteiger partial charge in [0.05, 0.1) is 24.8 Å². The van der Waals surface area contributed by atoms with Crippen molar-refractivity contribution in [2.45, 2.75) is 35.2 Å². The minimum Gasteiger partial charge on any atom is -0.481 e. The zero-order valence-electron chi connectivity index (χ0n) is 12.2. The van der Waals surface area contributed by atoms with Crippen LogP contribution >= 0.6 is 23.5 Å². The van der Waals surface area contributed by atoms with Gasteiger partial charge in [-0.2, -0.15) is 0 Å². The molecule has 0 bridgehead atoms. The van der Waals surface area contributed by atoms with E-state index in [1.54, 1.807) is 6.08 Å². The average molecular weight is 371 g/mol. The van der Waals surface area contributed by atoms with E-state index in [2.05, 4.69) is 15.5 Å². The lowest BCUT2D eigenvalue weighted by Gasteiger charge is -2.44. The molecule has 2 N–H and O–H groups in total. The number of carboxylic acid groups (broad SMARTS) is 2. The molecular formula is C12H13N5O5S2. The van der Waals surface area contributed by atoms with E-state index >= 15 is 0 Å². The fraction of sp³-hybridized carbons (Fsp3) is 0.500. The smallest absolute Gasteiger partial charge is 0.352 e. The molecule has 128 valence electrons. The van der Waals surface area contributed by atoms with Gasteiger partial charge >= 0.3 is 11.9 Å². The van der Waals surface area contributed by atoms with Crippen LogP contribution in [0.3, 0.4) is 0 Å². The number of thioether (sulfide) groups is 2. The molecule has 1 aromatic heterocycles. The summed E-state index contributed by atoms with van der Waals surface area (Å²) < 4.78 is 1.41. The number of aliphatic carboxylic acids is 2. The number of hydrogen-bond acceptors (Lipinski definition) is 8. The van der Waals surface area contributed by atoms with E-state index in [0.29, 0.717) is 17.3 Å². The number of hydrogen-bond donors (Lipinski definition) is 2. The minimum atomic E-state index is -1.12. The summed E-state index contributed by atoms with van der Waals surface area (Å²) in [4.78, 5) is 34.8. The number of rotatable bonds is 7. The number of amides is 1. The second kappa shape index (κ2) is 6.81. The maximum Gasteiger partial charge on any atom is 0.352 e. The third kappa shape index (κ3) is 3.38. The van der Waals surface area contributed by atoms with Gasteiger partial charge < -0.3 is 10.2 Å². The van der Waals surface area contributed by atoms with Crippen molar-refractivity contribution < 1.29 is 24.6 Å². The van der Waals surface area contributed by atoms with Crippen molar-refractivity contribution in [3.05, 3.63) is 11.8 Å². The van der Waals surface area contributed by atoms with Crippen LogP contribution in [0.2, 0.25) is 0 Å². The minimum absolute atomic E-state index is 0.0195. The van der Waals surface area contributed by atoms with Gasteiger partial charge in [-0.05, 0) is 16.5 Å². The van der Waals surface area contributed by atoms with Gasteiger partial charge in [-0.3, -0.25) is 14.5 Å². The number of aromatic nitrogens is 4. The predicted octanol–water partition coefficient (Wildman–Crippen LogP) is -0.118. The van der Waals surface area contributed by atoms with Crippen LogP contribution in [0.4, 0.5) is 0 Å². The first-order valence-corrected chi connectivity index (χ1v) is 8.92. The van der Waals surface area contributed by atoms with Gasteiger partial charge in [0, 0.05) is 11.0 Å². The summed E-state index contributed by atoms with van der Waals surface area (Å²) in [6, 6.07) is 0. The van der Waals surface area contributed by atoms with Crippen molar-refractivity contribution >= 4 is 41.4 Å². The maximum absolute atomic E-state index is 11.5. The summed E-state index contributed by atoms with van der Waals surface area (Å²) in [7, 11) is 0. The van der Waals surface area contributed by atoms with E-state index in [1.807, 2.05) is 0 Å². The number of aryl methyl sites for hydroxylation is 1. The van der Waals surface area contributed by atoms with Crippen LogP contribution in [0.25, 0.3) is 0 Å². The number of nitrogens with zero attached hydrogens (tertiary/aromatic N) is 5. The van der Waals surface area contributed by atoms with Crippen molar-refractivity contribution in [1.29, 1.82) is 0 Å². The lowest BCUT2D eigenvalue weighted by Crippen LogP contribution is -2.54. The summed E-state index contributed by atoms with van der Waals surface area (Å²) >= 11 is 2.85. The number of fused-ring (bicyclic) bond motifs is 1. The first-order chi connectivity index (χ1) is 11.5. The molecule has 12 heteroatoms. The first-order valence-electron chi connectivity index (χ1n) is 6.99. The first kappa shape index (κ1) is 16.8. The van der Waals surface area contributed by atoms with Crippen LogP contribution in [-0.2, 0) is 20.9 Å². The van der Waals surface area contributed by atoms with Gasteiger partial charge in [-0.25, -0.2) is 9.48 Å². The zero-order chi connectivity index (χ0) is 17.3. The highest BCUT2D eigenvalue weighted by atomic mass is 32.2. The van der Waals surface area contributed by atoms with Crippen LogP contribution in [0.15, 0.2) is 16.9 Å². The zero-order valence-corrected chi connectivity index (χ0v) is 13.9. The molecule has 1 unspecified atom stereocenters. The van der Waals surface area contributed by atoms with Crippen molar-refractivity contribution in [3.8, 4) is 0 Å². The highest BCUT2D eigenvalue weighted by Crippen LogP contribution is 2.41. The van der Waals surface area contributed by atoms with Gasteiger partial charge in [0.25, 0.3) is 0 Å². The quantitative estimate of drug-likeness (QED) is 0.492. The summed E-state index contributed by atoms with van der Waals surface area (Å²) in [5, 5.41) is 29.3. The second-order valence-electron chi connectivity index (χ2n) is 5.09. The Morgan fingerprint density at radius 1 is 1.42 bits per heavy atom. The number of carboxylic acids is 2. The number of carbonyl (C=O) groups is 3. The van der Waals surface area contributed by atoms with Crippen molar-refractivity contribution in [3.63, 3.8) is 0 Å². The Morgan fingerprint density at radius 3 is 2.88 bits per heavy atom. The third-order valence-corrected chi connectivity index (χ3v) is 6.10. The molecule has 2 atom stereocenters. The fourth-order valence-corrected chi connectivity index (χ4v) is 4.84. The van der Waals surface area contributed by atoms with E-state index in [-0.39, 0.29) is 35.2 Å². The Kier molecular flexibility index (Phi) is 4.76. The van der Waals surface area contributed by atoms with E-state index in [4.69, 9.17) is 5.11 Å². The maximum atomic E-state index is 11.5. The molecule has 2 aliphatic rings. The third-order valence-electron chi connectivity index (χ3n) is 3.47. The standard InChI is InChI=1S/C12H13N5O5S2/c18-8-4-9-17(8)7(11(21)22)3-6(24-9)5-23-12-13-14-15-16(12)2-1-10(19)20/h3,6,9H,1-2,4-5H2,(H,19,20)(H,21,22)/t6?,9-/m1/s1. The molecule has 1 saturated heterocycles. The molecule has 2 aliphatic heterocycles. The SMILES string of the molecule is O=C(O)CCn1nnnc1SCC1C=C(C(=O)O)N2C(=O)C[C@H]2S1. The second-order valence-corrected chi connectivity index (χ2v) is 7.50.